The summed E-state index contributed by atoms with van der Waals surface area (Å²) in [6.45, 7) is 3.68. The zero-order valence-corrected chi connectivity index (χ0v) is 9.88. The van der Waals surface area contributed by atoms with Crippen LogP contribution in [0.25, 0.3) is 6.08 Å². The van der Waals surface area contributed by atoms with E-state index in [2.05, 4.69) is 4.98 Å². The van der Waals surface area contributed by atoms with Crippen LogP contribution < -0.4 is 0 Å². The van der Waals surface area contributed by atoms with Crippen molar-refractivity contribution in [3.63, 3.8) is 0 Å². The van der Waals surface area contributed by atoms with Crippen LogP contribution in [0.1, 0.15) is 25.2 Å². The third kappa shape index (κ3) is 2.47. The van der Waals surface area contributed by atoms with E-state index in [1.807, 2.05) is 38.1 Å². The monoisotopic (exact) mass is 233 g/mol. The zero-order chi connectivity index (χ0) is 12.3. The van der Waals surface area contributed by atoms with Gasteiger partial charge in [0.05, 0.1) is 12.3 Å². The van der Waals surface area contributed by atoms with Crippen LogP contribution in [0.5, 0.6) is 0 Å². The van der Waals surface area contributed by atoms with Gasteiger partial charge in [-0.2, -0.15) is 0 Å². The molecule has 1 aliphatic rings. The lowest BCUT2D eigenvalue weighted by molar-refractivity contribution is -0.136. The number of hydrogen-bond acceptors (Lipinski definition) is 4. The van der Waals surface area contributed by atoms with Gasteiger partial charge >= 0.3 is 0 Å². The second-order valence-corrected chi connectivity index (χ2v) is 4.05. The predicted molar refractivity (Wildman–Crippen MR) is 63.6 cm³/mol. The molecular weight excluding hydrogens is 218 g/mol. The Balaban J connectivity index is 2.29. The summed E-state index contributed by atoms with van der Waals surface area (Å²) in [6.07, 6.45) is 4.83. The topological polar surface area (TPSA) is 51.6 Å². The standard InChI is InChI=1S/C13H15NO3/c1-10(9-15)8-11-4-3-5-12(14-11)13(2)16-6-7-17-13/h3-8,15H,9H2,1-2H3/b10-8+. The van der Waals surface area contributed by atoms with Gasteiger partial charge in [0.15, 0.2) is 0 Å². The minimum absolute atomic E-state index is 0.0255. The lowest BCUT2D eigenvalue weighted by Gasteiger charge is -2.22. The molecule has 0 aliphatic carbocycles. The van der Waals surface area contributed by atoms with Gasteiger partial charge in [0.1, 0.15) is 18.2 Å². The van der Waals surface area contributed by atoms with Crippen LogP contribution in [0.3, 0.4) is 0 Å². The van der Waals surface area contributed by atoms with Crippen molar-refractivity contribution >= 4 is 6.08 Å². The highest BCUT2D eigenvalue weighted by Crippen LogP contribution is 2.30. The van der Waals surface area contributed by atoms with Gasteiger partial charge in [0.25, 0.3) is 5.79 Å². The van der Waals surface area contributed by atoms with Crippen LogP contribution in [0.4, 0.5) is 0 Å². The van der Waals surface area contributed by atoms with Crippen LogP contribution in [0.15, 0.2) is 36.3 Å². The highest BCUT2D eigenvalue weighted by atomic mass is 16.7. The van der Waals surface area contributed by atoms with E-state index < -0.39 is 5.79 Å². The van der Waals surface area contributed by atoms with Crippen molar-refractivity contribution in [2.24, 2.45) is 0 Å². The Morgan fingerprint density at radius 3 is 2.76 bits per heavy atom. The van der Waals surface area contributed by atoms with Crippen molar-refractivity contribution in [2.45, 2.75) is 19.6 Å². The molecule has 1 aromatic heterocycles. The third-order valence-electron chi connectivity index (χ3n) is 2.52. The van der Waals surface area contributed by atoms with E-state index in [0.29, 0.717) is 5.69 Å². The zero-order valence-electron chi connectivity index (χ0n) is 9.88. The van der Waals surface area contributed by atoms with Gasteiger partial charge in [-0.3, -0.25) is 0 Å². The van der Waals surface area contributed by atoms with Gasteiger partial charge in [-0.1, -0.05) is 6.07 Å². The largest absolute Gasteiger partial charge is 0.452 e. The van der Waals surface area contributed by atoms with Gasteiger partial charge in [-0.15, -0.1) is 0 Å². The van der Waals surface area contributed by atoms with Crippen LogP contribution in [-0.4, -0.2) is 16.7 Å². The summed E-state index contributed by atoms with van der Waals surface area (Å²) >= 11 is 0. The minimum Gasteiger partial charge on any atom is -0.452 e. The molecule has 1 N–H and O–H groups in total. The molecule has 4 nitrogen and oxygen atoms in total. The number of pyridine rings is 1. The number of ether oxygens (including phenoxy) is 2. The summed E-state index contributed by atoms with van der Waals surface area (Å²) < 4.78 is 10.8. The first-order chi connectivity index (χ1) is 8.14. The van der Waals surface area contributed by atoms with Crippen molar-refractivity contribution in [3.8, 4) is 0 Å². The maximum Gasteiger partial charge on any atom is 0.290 e. The van der Waals surface area contributed by atoms with E-state index in [1.54, 1.807) is 0 Å². The Labute approximate surface area is 100 Å². The average Bonchev–Trinajstić information content (AvgIpc) is 2.78. The van der Waals surface area contributed by atoms with Gasteiger partial charge < -0.3 is 14.6 Å². The molecule has 0 spiro atoms. The molecule has 2 heterocycles. The van der Waals surface area contributed by atoms with Gasteiger partial charge in [-0.25, -0.2) is 4.98 Å². The molecule has 90 valence electrons. The summed E-state index contributed by atoms with van der Waals surface area (Å²) in [5, 5.41) is 8.97. The molecule has 17 heavy (non-hydrogen) atoms. The number of hydrogen-bond donors (Lipinski definition) is 1. The molecule has 1 aliphatic heterocycles. The fraction of sp³-hybridized carbons (Fsp3) is 0.308. The molecule has 1 aromatic rings. The van der Waals surface area contributed by atoms with Crippen molar-refractivity contribution < 1.29 is 14.6 Å². The van der Waals surface area contributed by atoms with E-state index in [0.717, 1.165) is 11.3 Å². The first-order valence-electron chi connectivity index (χ1n) is 5.40. The van der Waals surface area contributed by atoms with Crippen LogP contribution in [0, 0.1) is 0 Å². The fourth-order valence-corrected chi connectivity index (χ4v) is 1.55. The predicted octanol–water partition coefficient (Wildman–Crippen LogP) is 2.17. The summed E-state index contributed by atoms with van der Waals surface area (Å²) in [5.41, 5.74) is 2.32. The van der Waals surface area contributed by atoms with Gasteiger partial charge in [0, 0.05) is 6.92 Å². The van der Waals surface area contributed by atoms with Crippen LogP contribution in [-0.2, 0) is 15.3 Å². The van der Waals surface area contributed by atoms with Crippen molar-refractivity contribution in [1.82, 2.24) is 4.98 Å². The second kappa shape index (κ2) is 4.59. The Bertz CT molecular complexity index is 457. The van der Waals surface area contributed by atoms with Gasteiger partial charge in [-0.05, 0) is 30.7 Å². The van der Waals surface area contributed by atoms with Crippen molar-refractivity contribution in [2.75, 3.05) is 6.61 Å². The number of aliphatic hydroxyl groups is 1. The summed E-state index contributed by atoms with van der Waals surface area (Å²) in [4.78, 5) is 4.44. The summed E-state index contributed by atoms with van der Waals surface area (Å²) in [7, 11) is 0. The quantitative estimate of drug-likeness (QED) is 0.869. The lowest BCUT2D eigenvalue weighted by atomic mass is 10.1. The smallest absolute Gasteiger partial charge is 0.290 e. The lowest BCUT2D eigenvalue weighted by Crippen LogP contribution is -2.23. The van der Waals surface area contributed by atoms with E-state index in [4.69, 9.17) is 14.6 Å². The first-order valence-corrected chi connectivity index (χ1v) is 5.40. The molecule has 0 atom stereocenters. The maximum absolute atomic E-state index is 8.97. The fourth-order valence-electron chi connectivity index (χ4n) is 1.55. The number of rotatable bonds is 3. The summed E-state index contributed by atoms with van der Waals surface area (Å²) in [6, 6.07) is 5.60. The second-order valence-electron chi connectivity index (χ2n) is 4.05. The molecule has 0 unspecified atom stereocenters. The Hall–Kier alpha value is -1.81. The molecule has 0 amide bonds. The number of aliphatic hydroxyl groups excluding tert-OH is 1. The SMILES string of the molecule is C/C(=C\c1cccc(C2(C)OC=CO2)n1)CO. The van der Waals surface area contributed by atoms with Crippen molar-refractivity contribution in [1.29, 1.82) is 0 Å². The molecule has 0 fully saturated rings. The average molecular weight is 233 g/mol. The number of nitrogens with zero attached hydrogens (tertiary/aromatic N) is 1. The molecule has 0 bridgehead atoms. The minimum atomic E-state index is -0.850. The van der Waals surface area contributed by atoms with Crippen LogP contribution >= 0.6 is 0 Å². The molecule has 0 aromatic carbocycles. The van der Waals surface area contributed by atoms with E-state index >= 15 is 0 Å². The Morgan fingerprint density at radius 2 is 2.12 bits per heavy atom. The van der Waals surface area contributed by atoms with E-state index in [9.17, 15) is 0 Å². The summed E-state index contributed by atoms with van der Waals surface area (Å²) in [5.74, 6) is -0.850. The highest BCUT2D eigenvalue weighted by molar-refractivity contribution is 5.48. The van der Waals surface area contributed by atoms with Crippen LogP contribution in [0.2, 0.25) is 0 Å². The Kier molecular flexibility index (Phi) is 3.15. The third-order valence-corrected chi connectivity index (χ3v) is 2.52. The van der Waals surface area contributed by atoms with E-state index in [1.165, 1.54) is 12.5 Å². The Morgan fingerprint density at radius 1 is 1.41 bits per heavy atom. The molecule has 0 saturated carbocycles. The normalized spacial score (nSPS) is 17.7. The molecule has 2 rings (SSSR count). The number of aromatic nitrogens is 1. The van der Waals surface area contributed by atoms with E-state index in [-0.39, 0.29) is 6.61 Å². The maximum atomic E-state index is 8.97. The molecule has 4 heteroatoms. The highest BCUT2D eigenvalue weighted by Gasteiger charge is 2.33. The van der Waals surface area contributed by atoms with Gasteiger partial charge in [0.2, 0.25) is 0 Å². The van der Waals surface area contributed by atoms with Crippen molar-refractivity contribution in [3.05, 3.63) is 47.7 Å². The molecule has 0 radical (unpaired) electrons. The molecular formula is C13H15NO3. The molecule has 0 saturated heterocycles. The first kappa shape index (κ1) is 11.7.